The zero-order valence-corrected chi connectivity index (χ0v) is 18.1. The van der Waals surface area contributed by atoms with Crippen molar-refractivity contribution in [2.75, 3.05) is 19.0 Å². The summed E-state index contributed by atoms with van der Waals surface area (Å²) in [5, 5.41) is 3.66. The number of rotatable bonds is 6. The van der Waals surface area contributed by atoms with Crippen LogP contribution < -0.4 is 10.1 Å². The second-order valence-corrected chi connectivity index (χ2v) is 8.28. The van der Waals surface area contributed by atoms with Crippen LogP contribution in [-0.4, -0.2) is 40.8 Å². The molecule has 2 aromatic carbocycles. The fourth-order valence-electron chi connectivity index (χ4n) is 2.69. The lowest BCUT2D eigenvalue weighted by molar-refractivity contribution is -0.127. The molecular weight excluding hydrogens is 433 g/mol. The number of halogens is 2. The predicted octanol–water partition coefficient (Wildman–Crippen LogP) is 4.98. The molecule has 29 heavy (non-hydrogen) atoms. The molecule has 3 rings (SSSR count). The van der Waals surface area contributed by atoms with E-state index in [0.717, 1.165) is 5.75 Å². The zero-order chi connectivity index (χ0) is 21.0. The number of nitrogens with one attached hydrogen (secondary N) is 1. The molecule has 1 fully saturated rings. The number of amidine groups is 1. The lowest BCUT2D eigenvalue weighted by Crippen LogP contribution is -2.30. The molecule has 0 radical (unpaired) electrons. The van der Waals surface area contributed by atoms with Crippen LogP contribution in [0, 0.1) is 0 Å². The number of benzene rings is 2. The fourth-order valence-corrected chi connectivity index (χ4v) is 4.36. The SMILES string of the molecule is CCOc1ccc(NC(=O)CC2SC(=Nc3cc(Cl)cc(Cl)c3)N(C)C2=O)cc1. The van der Waals surface area contributed by atoms with E-state index >= 15 is 0 Å². The molecule has 1 aliphatic heterocycles. The molecule has 2 aromatic rings. The van der Waals surface area contributed by atoms with Gasteiger partial charge in [0.2, 0.25) is 11.8 Å². The van der Waals surface area contributed by atoms with Gasteiger partial charge in [-0.05, 0) is 49.4 Å². The van der Waals surface area contributed by atoms with Crippen LogP contribution in [0.25, 0.3) is 0 Å². The Morgan fingerprint density at radius 2 is 1.86 bits per heavy atom. The number of anilines is 1. The number of hydrogen-bond acceptors (Lipinski definition) is 5. The molecule has 0 aliphatic carbocycles. The first-order valence-electron chi connectivity index (χ1n) is 8.87. The van der Waals surface area contributed by atoms with Crippen LogP contribution in [0.2, 0.25) is 10.0 Å². The van der Waals surface area contributed by atoms with E-state index in [9.17, 15) is 9.59 Å². The third kappa shape index (κ3) is 5.65. The highest BCUT2D eigenvalue weighted by atomic mass is 35.5. The van der Waals surface area contributed by atoms with E-state index in [-0.39, 0.29) is 18.2 Å². The van der Waals surface area contributed by atoms with Gasteiger partial charge < -0.3 is 10.1 Å². The van der Waals surface area contributed by atoms with Gasteiger partial charge in [-0.3, -0.25) is 14.5 Å². The average Bonchev–Trinajstić information content (AvgIpc) is 2.90. The fraction of sp³-hybridized carbons (Fsp3) is 0.250. The summed E-state index contributed by atoms with van der Waals surface area (Å²) < 4.78 is 5.38. The first-order chi connectivity index (χ1) is 13.9. The monoisotopic (exact) mass is 451 g/mol. The molecular formula is C20H19Cl2N3O3S. The molecule has 152 valence electrons. The van der Waals surface area contributed by atoms with Gasteiger partial charge in [-0.1, -0.05) is 35.0 Å². The van der Waals surface area contributed by atoms with Crippen molar-refractivity contribution in [3.63, 3.8) is 0 Å². The first-order valence-corrected chi connectivity index (χ1v) is 10.5. The maximum Gasteiger partial charge on any atom is 0.242 e. The normalized spacial score (nSPS) is 17.7. The van der Waals surface area contributed by atoms with Crippen molar-refractivity contribution in [3.8, 4) is 5.75 Å². The number of carbonyl (C=O) groups is 2. The van der Waals surface area contributed by atoms with Crippen molar-refractivity contribution in [1.82, 2.24) is 4.90 Å². The van der Waals surface area contributed by atoms with Gasteiger partial charge in [-0.2, -0.15) is 0 Å². The second-order valence-electron chi connectivity index (χ2n) is 6.24. The Hall–Kier alpha value is -2.22. The largest absolute Gasteiger partial charge is 0.494 e. The summed E-state index contributed by atoms with van der Waals surface area (Å²) in [6.45, 7) is 2.48. The summed E-state index contributed by atoms with van der Waals surface area (Å²) in [6.07, 6.45) is 0.0381. The number of ether oxygens (including phenoxy) is 1. The van der Waals surface area contributed by atoms with Gasteiger partial charge >= 0.3 is 0 Å². The molecule has 1 saturated heterocycles. The highest BCUT2D eigenvalue weighted by molar-refractivity contribution is 8.15. The Labute approximate surface area is 183 Å². The van der Waals surface area contributed by atoms with Crippen molar-refractivity contribution in [2.24, 2.45) is 4.99 Å². The minimum absolute atomic E-state index is 0.0381. The van der Waals surface area contributed by atoms with Crippen LogP contribution in [0.15, 0.2) is 47.5 Å². The standard InChI is InChI=1S/C20H19Cl2N3O3S/c1-3-28-16-6-4-14(5-7-16)23-18(26)11-17-19(27)25(2)20(29-17)24-15-9-12(21)8-13(22)10-15/h4-10,17H,3,11H2,1-2H3,(H,23,26). The van der Waals surface area contributed by atoms with Crippen LogP contribution in [0.5, 0.6) is 5.75 Å². The molecule has 1 unspecified atom stereocenters. The van der Waals surface area contributed by atoms with Crippen LogP contribution >= 0.6 is 35.0 Å². The minimum atomic E-state index is -0.545. The maximum absolute atomic E-state index is 12.5. The highest BCUT2D eigenvalue weighted by Gasteiger charge is 2.37. The number of thioether (sulfide) groups is 1. The number of amides is 2. The minimum Gasteiger partial charge on any atom is -0.494 e. The van der Waals surface area contributed by atoms with Gasteiger partial charge in [0.05, 0.1) is 12.3 Å². The van der Waals surface area contributed by atoms with Crippen molar-refractivity contribution < 1.29 is 14.3 Å². The second kappa shape index (κ2) is 9.52. The van der Waals surface area contributed by atoms with Crippen molar-refractivity contribution >= 4 is 63.3 Å². The van der Waals surface area contributed by atoms with Gasteiger partial charge in [-0.25, -0.2) is 4.99 Å². The van der Waals surface area contributed by atoms with E-state index in [1.807, 2.05) is 6.92 Å². The van der Waals surface area contributed by atoms with Gasteiger partial charge in [0.25, 0.3) is 0 Å². The molecule has 0 aromatic heterocycles. The van der Waals surface area contributed by atoms with Crippen LogP contribution in [0.1, 0.15) is 13.3 Å². The van der Waals surface area contributed by atoms with Crippen molar-refractivity contribution in [2.45, 2.75) is 18.6 Å². The Morgan fingerprint density at radius 3 is 2.48 bits per heavy atom. The molecule has 0 spiro atoms. The van der Waals surface area contributed by atoms with E-state index in [1.165, 1.54) is 16.7 Å². The number of carbonyl (C=O) groups excluding carboxylic acids is 2. The van der Waals surface area contributed by atoms with Crippen molar-refractivity contribution in [1.29, 1.82) is 0 Å². The molecule has 0 saturated carbocycles. The summed E-state index contributed by atoms with van der Waals surface area (Å²) in [4.78, 5) is 30.8. The number of hydrogen-bond donors (Lipinski definition) is 1. The van der Waals surface area contributed by atoms with Crippen LogP contribution in [0.4, 0.5) is 11.4 Å². The van der Waals surface area contributed by atoms with E-state index in [0.29, 0.717) is 33.2 Å². The summed E-state index contributed by atoms with van der Waals surface area (Å²) in [7, 11) is 1.63. The predicted molar refractivity (Wildman–Crippen MR) is 119 cm³/mol. The zero-order valence-electron chi connectivity index (χ0n) is 15.8. The molecule has 2 amide bonds. The highest BCUT2D eigenvalue weighted by Crippen LogP contribution is 2.32. The molecule has 1 atom stereocenters. The molecule has 1 N–H and O–H groups in total. The van der Waals surface area contributed by atoms with E-state index in [1.54, 1.807) is 49.5 Å². The summed E-state index contributed by atoms with van der Waals surface area (Å²) >= 11 is 13.2. The third-order valence-corrected chi connectivity index (χ3v) is 5.70. The summed E-state index contributed by atoms with van der Waals surface area (Å²) in [6, 6.07) is 12.0. The molecule has 1 heterocycles. The maximum atomic E-state index is 12.5. The lowest BCUT2D eigenvalue weighted by Gasteiger charge is -2.10. The Bertz CT molecular complexity index is 930. The van der Waals surface area contributed by atoms with E-state index in [2.05, 4.69) is 10.3 Å². The lowest BCUT2D eigenvalue weighted by atomic mass is 10.2. The third-order valence-electron chi connectivity index (χ3n) is 4.03. The van der Waals surface area contributed by atoms with Gasteiger partial charge in [-0.15, -0.1) is 0 Å². The number of aliphatic imine (C=N–C) groups is 1. The quantitative estimate of drug-likeness (QED) is 0.671. The molecule has 9 heteroatoms. The topological polar surface area (TPSA) is 71.0 Å². The summed E-state index contributed by atoms with van der Waals surface area (Å²) in [5.74, 6) is 0.305. The summed E-state index contributed by atoms with van der Waals surface area (Å²) in [5.41, 5.74) is 1.19. The Balaban J connectivity index is 1.64. The van der Waals surface area contributed by atoms with Gasteiger partial charge in [0.1, 0.15) is 11.0 Å². The van der Waals surface area contributed by atoms with Gasteiger partial charge in [0, 0.05) is 29.2 Å². The molecule has 6 nitrogen and oxygen atoms in total. The smallest absolute Gasteiger partial charge is 0.242 e. The number of nitrogens with zero attached hydrogens (tertiary/aromatic N) is 2. The van der Waals surface area contributed by atoms with E-state index in [4.69, 9.17) is 27.9 Å². The first kappa shape index (κ1) is 21.5. The average molecular weight is 452 g/mol. The molecule has 0 bridgehead atoms. The molecule has 1 aliphatic rings. The van der Waals surface area contributed by atoms with Gasteiger partial charge in [0.15, 0.2) is 5.17 Å². The van der Waals surface area contributed by atoms with E-state index < -0.39 is 5.25 Å². The van der Waals surface area contributed by atoms with Crippen molar-refractivity contribution in [3.05, 3.63) is 52.5 Å². The van der Waals surface area contributed by atoms with Crippen LogP contribution in [-0.2, 0) is 9.59 Å². The van der Waals surface area contributed by atoms with Crippen LogP contribution in [0.3, 0.4) is 0 Å². The Kier molecular flexibility index (Phi) is 7.05. The Morgan fingerprint density at radius 1 is 1.21 bits per heavy atom.